The molecule has 0 spiro atoms. The van der Waals surface area contributed by atoms with E-state index in [0.717, 1.165) is 31.2 Å². The third-order valence-corrected chi connectivity index (χ3v) is 6.81. The van der Waals surface area contributed by atoms with Gasteiger partial charge in [-0.3, -0.25) is 4.79 Å². The van der Waals surface area contributed by atoms with Crippen molar-refractivity contribution in [3.8, 4) is 0 Å². The predicted octanol–water partition coefficient (Wildman–Crippen LogP) is 1.61. The summed E-state index contributed by atoms with van der Waals surface area (Å²) in [5.41, 5.74) is 0.846. The molecule has 1 amide bonds. The Hall–Kier alpha value is -1.60. The summed E-state index contributed by atoms with van der Waals surface area (Å²) in [4.78, 5) is 11.8. The fraction of sp³-hybridized carbons (Fsp3) is 0.562. The lowest BCUT2D eigenvalue weighted by atomic mass is 9.98. The number of piperidine rings is 1. The highest BCUT2D eigenvalue weighted by Gasteiger charge is 2.41. The molecule has 2 heterocycles. The standard InChI is InChI=1S/C16H22N2O4S/c19-16(4-1-14-7-10-22-12-14)17-11-13-5-8-18(9-6-13)23(20,21)15-2-3-15/h1,4,7,10,12-13,15H,2-3,5-6,8-9,11H2,(H,17,19). The summed E-state index contributed by atoms with van der Waals surface area (Å²) in [5.74, 6) is 0.200. The summed E-state index contributed by atoms with van der Waals surface area (Å²) >= 11 is 0. The summed E-state index contributed by atoms with van der Waals surface area (Å²) in [7, 11) is -3.05. The average molecular weight is 338 g/mol. The molecule has 1 aromatic heterocycles. The first-order chi connectivity index (χ1) is 11.1. The molecule has 126 valence electrons. The van der Waals surface area contributed by atoms with Crippen molar-refractivity contribution >= 4 is 22.0 Å². The van der Waals surface area contributed by atoms with Crippen LogP contribution >= 0.6 is 0 Å². The molecule has 7 heteroatoms. The minimum atomic E-state index is -3.05. The number of furan rings is 1. The monoisotopic (exact) mass is 338 g/mol. The van der Waals surface area contributed by atoms with Crippen molar-refractivity contribution in [1.29, 1.82) is 0 Å². The van der Waals surface area contributed by atoms with Crippen LogP contribution in [-0.4, -0.2) is 43.5 Å². The van der Waals surface area contributed by atoms with Gasteiger partial charge in [0.05, 0.1) is 17.8 Å². The Bertz CT molecular complexity index is 654. The molecular formula is C16H22N2O4S. The van der Waals surface area contributed by atoms with Crippen molar-refractivity contribution in [2.45, 2.75) is 30.9 Å². The fourth-order valence-corrected chi connectivity index (χ4v) is 4.66. The molecule has 1 saturated heterocycles. The van der Waals surface area contributed by atoms with Crippen LogP contribution in [0.25, 0.3) is 6.08 Å². The second kappa shape index (κ2) is 6.88. The number of sulfonamides is 1. The van der Waals surface area contributed by atoms with Crippen molar-refractivity contribution in [2.75, 3.05) is 19.6 Å². The first-order valence-corrected chi connectivity index (χ1v) is 9.53. The molecule has 23 heavy (non-hydrogen) atoms. The normalized spacial score (nSPS) is 20.9. The number of rotatable bonds is 6. The zero-order valence-electron chi connectivity index (χ0n) is 13.0. The molecule has 3 rings (SSSR count). The third-order valence-electron chi connectivity index (χ3n) is 4.41. The van der Waals surface area contributed by atoms with Crippen LogP contribution < -0.4 is 5.32 Å². The molecular weight excluding hydrogens is 316 g/mol. The Morgan fingerprint density at radius 2 is 2.04 bits per heavy atom. The molecule has 1 aliphatic carbocycles. The highest BCUT2D eigenvalue weighted by molar-refractivity contribution is 7.90. The Morgan fingerprint density at radius 1 is 1.30 bits per heavy atom. The van der Waals surface area contributed by atoms with Crippen LogP contribution in [0.1, 0.15) is 31.2 Å². The molecule has 0 atom stereocenters. The van der Waals surface area contributed by atoms with Crippen LogP contribution in [0.15, 0.2) is 29.1 Å². The number of amides is 1. The van der Waals surface area contributed by atoms with Crippen molar-refractivity contribution in [1.82, 2.24) is 9.62 Å². The van der Waals surface area contributed by atoms with E-state index in [9.17, 15) is 13.2 Å². The number of hydrogen-bond acceptors (Lipinski definition) is 4. The second-order valence-electron chi connectivity index (χ2n) is 6.22. The zero-order chi connectivity index (χ0) is 16.3. The Kier molecular flexibility index (Phi) is 4.87. The van der Waals surface area contributed by atoms with E-state index in [1.807, 2.05) is 0 Å². The van der Waals surface area contributed by atoms with Gasteiger partial charge in [-0.05, 0) is 43.7 Å². The Balaban J connectivity index is 1.40. The van der Waals surface area contributed by atoms with E-state index in [1.54, 1.807) is 29.0 Å². The van der Waals surface area contributed by atoms with Gasteiger partial charge in [0.2, 0.25) is 15.9 Å². The molecule has 1 N–H and O–H groups in total. The predicted molar refractivity (Wildman–Crippen MR) is 87.0 cm³/mol. The maximum Gasteiger partial charge on any atom is 0.244 e. The van der Waals surface area contributed by atoms with Crippen LogP contribution in [0.2, 0.25) is 0 Å². The molecule has 0 bridgehead atoms. The van der Waals surface area contributed by atoms with Crippen molar-refractivity contribution < 1.29 is 17.6 Å². The van der Waals surface area contributed by atoms with E-state index in [1.165, 1.54) is 6.08 Å². The number of carbonyl (C=O) groups excluding carboxylic acids is 1. The molecule has 6 nitrogen and oxygen atoms in total. The highest BCUT2D eigenvalue weighted by Crippen LogP contribution is 2.32. The third kappa shape index (κ3) is 4.23. The minimum Gasteiger partial charge on any atom is -0.472 e. The zero-order valence-corrected chi connectivity index (χ0v) is 13.8. The van der Waals surface area contributed by atoms with E-state index in [4.69, 9.17) is 4.42 Å². The largest absolute Gasteiger partial charge is 0.472 e. The van der Waals surface area contributed by atoms with Crippen molar-refractivity contribution in [3.05, 3.63) is 30.2 Å². The first-order valence-electron chi connectivity index (χ1n) is 8.03. The van der Waals surface area contributed by atoms with Gasteiger partial charge in [0.15, 0.2) is 0 Å². The Morgan fingerprint density at radius 3 is 2.65 bits per heavy atom. The smallest absolute Gasteiger partial charge is 0.244 e. The summed E-state index contributed by atoms with van der Waals surface area (Å²) in [5, 5.41) is 2.75. The van der Waals surface area contributed by atoms with Gasteiger partial charge >= 0.3 is 0 Å². The van der Waals surface area contributed by atoms with E-state index >= 15 is 0 Å². The van der Waals surface area contributed by atoms with Gasteiger partial charge in [-0.25, -0.2) is 12.7 Å². The van der Waals surface area contributed by atoms with Gasteiger partial charge < -0.3 is 9.73 Å². The maximum absolute atomic E-state index is 12.2. The molecule has 1 aliphatic heterocycles. The van der Waals surface area contributed by atoms with Gasteiger partial charge in [0, 0.05) is 31.3 Å². The minimum absolute atomic E-state index is 0.133. The van der Waals surface area contributed by atoms with Gasteiger partial charge in [-0.1, -0.05) is 0 Å². The topological polar surface area (TPSA) is 79.6 Å². The van der Waals surface area contributed by atoms with Crippen LogP contribution in [0.4, 0.5) is 0 Å². The van der Waals surface area contributed by atoms with Gasteiger partial charge in [-0.15, -0.1) is 0 Å². The molecule has 0 radical (unpaired) electrons. The summed E-state index contributed by atoms with van der Waals surface area (Å²) in [6.07, 6.45) is 9.53. The molecule has 0 unspecified atom stereocenters. The SMILES string of the molecule is O=C(C=Cc1ccoc1)NCC1CCN(S(=O)(=O)C2CC2)CC1. The lowest BCUT2D eigenvalue weighted by molar-refractivity contribution is -0.116. The van der Waals surface area contributed by atoms with Crippen LogP contribution in [0.3, 0.4) is 0 Å². The van der Waals surface area contributed by atoms with Crippen LogP contribution in [-0.2, 0) is 14.8 Å². The van der Waals surface area contributed by atoms with Crippen LogP contribution in [0, 0.1) is 5.92 Å². The maximum atomic E-state index is 12.2. The van der Waals surface area contributed by atoms with Gasteiger partial charge in [0.1, 0.15) is 0 Å². The van der Waals surface area contributed by atoms with Gasteiger partial charge in [0.25, 0.3) is 0 Å². The molecule has 1 aromatic rings. The fourth-order valence-electron chi connectivity index (χ4n) is 2.79. The van der Waals surface area contributed by atoms with Crippen molar-refractivity contribution in [3.63, 3.8) is 0 Å². The van der Waals surface area contributed by atoms with E-state index in [0.29, 0.717) is 25.6 Å². The number of hydrogen-bond donors (Lipinski definition) is 1. The van der Waals surface area contributed by atoms with E-state index in [-0.39, 0.29) is 11.2 Å². The van der Waals surface area contributed by atoms with Crippen LogP contribution in [0.5, 0.6) is 0 Å². The lowest BCUT2D eigenvalue weighted by Crippen LogP contribution is -2.42. The van der Waals surface area contributed by atoms with Crippen molar-refractivity contribution in [2.24, 2.45) is 5.92 Å². The average Bonchev–Trinajstić information content (AvgIpc) is 3.29. The first kappa shape index (κ1) is 16.3. The molecule has 2 aliphatic rings. The highest BCUT2D eigenvalue weighted by atomic mass is 32.2. The number of nitrogens with one attached hydrogen (secondary N) is 1. The van der Waals surface area contributed by atoms with E-state index in [2.05, 4.69) is 5.32 Å². The quantitative estimate of drug-likeness (QED) is 0.799. The summed E-state index contributed by atoms with van der Waals surface area (Å²) < 4.78 is 30.9. The molecule has 0 aromatic carbocycles. The summed E-state index contributed by atoms with van der Waals surface area (Å²) in [6, 6.07) is 1.78. The molecule has 1 saturated carbocycles. The molecule has 2 fully saturated rings. The summed E-state index contributed by atoms with van der Waals surface area (Å²) in [6.45, 7) is 1.74. The van der Waals surface area contributed by atoms with E-state index < -0.39 is 10.0 Å². The Labute approximate surface area is 136 Å². The number of nitrogens with zero attached hydrogens (tertiary/aromatic N) is 1. The lowest BCUT2D eigenvalue weighted by Gasteiger charge is -2.31. The number of carbonyl (C=O) groups is 1. The second-order valence-corrected chi connectivity index (χ2v) is 8.43. The van der Waals surface area contributed by atoms with Gasteiger partial charge in [-0.2, -0.15) is 0 Å².